The SMILES string of the molecule is Cn1ccc2c(-c3ccc(Nc4ccc(N5CCC(O)CC5)cn4)c4c3CNC4=O)cnc-2n1. The van der Waals surface area contributed by atoms with Crippen molar-refractivity contribution >= 4 is 23.1 Å². The highest BCUT2D eigenvalue weighted by atomic mass is 16.3. The number of rotatable bonds is 4. The summed E-state index contributed by atoms with van der Waals surface area (Å²) >= 11 is 0. The highest BCUT2D eigenvalue weighted by Gasteiger charge is 2.28. The fraction of sp³-hybridized carbons (Fsp3) is 0.280. The van der Waals surface area contributed by atoms with E-state index >= 15 is 0 Å². The largest absolute Gasteiger partial charge is 0.393 e. The number of hydrogen-bond donors (Lipinski definition) is 3. The number of hydrogen-bond acceptors (Lipinski definition) is 7. The number of nitrogens with one attached hydrogen (secondary N) is 2. The summed E-state index contributed by atoms with van der Waals surface area (Å²) in [6, 6.07) is 9.90. The van der Waals surface area contributed by atoms with Gasteiger partial charge in [0.25, 0.3) is 5.91 Å². The van der Waals surface area contributed by atoms with Crippen molar-refractivity contribution in [2.75, 3.05) is 23.3 Å². The standard InChI is InChI=1S/C25H25N7O2/c1-31-9-8-18-19(13-27-24(18)30-31)17-3-4-21(23-20(17)14-28-25(23)34)29-22-5-2-15(12-26-22)32-10-6-16(33)7-11-32/h2-5,8-9,12-13,16,33H,6-7,10-11,14H2,1H3,(H,26,29)(H,28,34). The van der Waals surface area contributed by atoms with E-state index in [0.717, 1.165) is 59.6 Å². The van der Waals surface area contributed by atoms with E-state index in [4.69, 9.17) is 0 Å². The van der Waals surface area contributed by atoms with Gasteiger partial charge < -0.3 is 20.6 Å². The monoisotopic (exact) mass is 455 g/mol. The van der Waals surface area contributed by atoms with E-state index in [-0.39, 0.29) is 12.0 Å². The Balaban J connectivity index is 1.30. The molecule has 34 heavy (non-hydrogen) atoms. The summed E-state index contributed by atoms with van der Waals surface area (Å²) in [6.45, 7) is 2.11. The number of carbonyl (C=O) groups excluding carboxylic acids is 1. The zero-order valence-electron chi connectivity index (χ0n) is 18.8. The highest BCUT2D eigenvalue weighted by molar-refractivity contribution is 6.06. The third-order valence-electron chi connectivity index (χ3n) is 6.65. The molecule has 1 aromatic carbocycles. The summed E-state index contributed by atoms with van der Waals surface area (Å²) in [4.78, 5) is 24.0. The van der Waals surface area contributed by atoms with Crippen molar-refractivity contribution < 1.29 is 9.90 Å². The van der Waals surface area contributed by atoms with Gasteiger partial charge in [0, 0.05) is 50.2 Å². The maximum atomic E-state index is 12.8. The Labute approximate surface area is 196 Å². The minimum Gasteiger partial charge on any atom is -0.393 e. The van der Waals surface area contributed by atoms with Gasteiger partial charge in [-0.3, -0.25) is 9.48 Å². The summed E-state index contributed by atoms with van der Waals surface area (Å²) in [5, 5.41) is 20.5. The van der Waals surface area contributed by atoms with Gasteiger partial charge in [0.1, 0.15) is 5.82 Å². The molecule has 0 saturated carbocycles. The summed E-state index contributed by atoms with van der Waals surface area (Å²) in [5.74, 6) is 1.25. The van der Waals surface area contributed by atoms with Crippen LogP contribution in [0.2, 0.25) is 0 Å². The summed E-state index contributed by atoms with van der Waals surface area (Å²) in [5.41, 5.74) is 6.25. The molecule has 0 unspecified atom stereocenters. The first-order chi connectivity index (χ1) is 16.6. The van der Waals surface area contributed by atoms with Crippen LogP contribution in [-0.4, -0.2) is 50.0 Å². The molecular formula is C25H25N7O2. The summed E-state index contributed by atoms with van der Waals surface area (Å²) < 4.78 is 1.73. The molecule has 1 amide bonds. The zero-order chi connectivity index (χ0) is 23.2. The van der Waals surface area contributed by atoms with Crippen molar-refractivity contribution in [3.05, 3.63) is 60.0 Å². The van der Waals surface area contributed by atoms with E-state index in [1.165, 1.54) is 0 Å². The molecule has 2 aromatic rings. The first-order valence-electron chi connectivity index (χ1n) is 11.5. The predicted molar refractivity (Wildman–Crippen MR) is 129 cm³/mol. The van der Waals surface area contributed by atoms with E-state index in [9.17, 15) is 9.90 Å². The molecule has 1 fully saturated rings. The van der Waals surface area contributed by atoms with Crippen molar-refractivity contribution in [1.29, 1.82) is 0 Å². The number of aromatic nitrogens is 4. The van der Waals surface area contributed by atoms with Crippen LogP contribution in [0.1, 0.15) is 28.8 Å². The second-order valence-corrected chi connectivity index (χ2v) is 8.84. The third kappa shape index (κ3) is 3.54. The van der Waals surface area contributed by atoms with Crippen molar-refractivity contribution in [3.63, 3.8) is 0 Å². The first-order valence-corrected chi connectivity index (χ1v) is 11.5. The van der Waals surface area contributed by atoms with Gasteiger partial charge in [-0.1, -0.05) is 6.07 Å². The summed E-state index contributed by atoms with van der Waals surface area (Å²) in [7, 11) is 1.87. The molecule has 9 heteroatoms. The molecule has 0 radical (unpaired) electrons. The van der Waals surface area contributed by atoms with Gasteiger partial charge in [0.2, 0.25) is 0 Å². The molecule has 6 rings (SSSR count). The molecular weight excluding hydrogens is 430 g/mol. The Morgan fingerprint density at radius 2 is 1.88 bits per heavy atom. The van der Waals surface area contributed by atoms with Crippen LogP contribution in [-0.2, 0) is 13.6 Å². The molecule has 0 atom stereocenters. The van der Waals surface area contributed by atoms with Crippen LogP contribution in [0.3, 0.4) is 0 Å². The number of amides is 1. The van der Waals surface area contributed by atoms with Crippen LogP contribution in [0.5, 0.6) is 0 Å². The number of nitrogens with zero attached hydrogens (tertiary/aromatic N) is 5. The second kappa shape index (κ2) is 8.11. The molecule has 5 heterocycles. The van der Waals surface area contributed by atoms with E-state index in [0.29, 0.717) is 23.8 Å². The van der Waals surface area contributed by atoms with Gasteiger partial charge in [-0.15, -0.1) is 0 Å². The Morgan fingerprint density at radius 3 is 2.68 bits per heavy atom. The van der Waals surface area contributed by atoms with Crippen LogP contribution >= 0.6 is 0 Å². The lowest BCUT2D eigenvalue weighted by Crippen LogP contribution is -2.35. The van der Waals surface area contributed by atoms with E-state index in [1.807, 2.05) is 56.0 Å². The Morgan fingerprint density at radius 1 is 1.03 bits per heavy atom. The summed E-state index contributed by atoms with van der Waals surface area (Å²) in [6.07, 6.45) is 6.90. The lowest BCUT2D eigenvalue weighted by atomic mass is 9.94. The Bertz CT molecular complexity index is 1340. The van der Waals surface area contributed by atoms with Crippen LogP contribution < -0.4 is 15.5 Å². The number of aryl methyl sites for hydroxylation is 1. The number of anilines is 3. The molecule has 1 aromatic heterocycles. The van der Waals surface area contributed by atoms with Gasteiger partial charge in [-0.05, 0) is 48.2 Å². The molecule has 172 valence electrons. The molecule has 0 aliphatic carbocycles. The quantitative estimate of drug-likeness (QED) is 0.434. The molecule has 4 aliphatic rings. The van der Waals surface area contributed by atoms with Crippen LogP contribution in [0, 0.1) is 0 Å². The molecule has 1 saturated heterocycles. The van der Waals surface area contributed by atoms with E-state index in [1.54, 1.807) is 4.68 Å². The van der Waals surface area contributed by atoms with E-state index < -0.39 is 0 Å². The van der Waals surface area contributed by atoms with E-state index in [2.05, 4.69) is 30.6 Å². The Hall–Kier alpha value is -3.98. The van der Waals surface area contributed by atoms with Crippen molar-refractivity contribution in [2.45, 2.75) is 25.5 Å². The number of pyridine rings is 1. The van der Waals surface area contributed by atoms with Crippen LogP contribution in [0.15, 0.2) is 48.9 Å². The number of benzene rings is 1. The number of piperidine rings is 1. The number of carbonyl (C=O) groups is 1. The second-order valence-electron chi connectivity index (χ2n) is 8.84. The topological polar surface area (TPSA) is 108 Å². The maximum absolute atomic E-state index is 12.8. The average Bonchev–Trinajstić information content (AvgIpc) is 3.44. The lowest BCUT2D eigenvalue weighted by molar-refractivity contribution is 0.0966. The van der Waals surface area contributed by atoms with Gasteiger partial charge in [0.15, 0.2) is 5.82 Å². The zero-order valence-corrected chi connectivity index (χ0v) is 18.8. The highest BCUT2D eigenvalue weighted by Crippen LogP contribution is 2.39. The van der Waals surface area contributed by atoms with Gasteiger partial charge >= 0.3 is 0 Å². The minimum atomic E-state index is -0.206. The molecule has 9 nitrogen and oxygen atoms in total. The predicted octanol–water partition coefficient (Wildman–Crippen LogP) is 2.93. The third-order valence-corrected chi connectivity index (χ3v) is 6.65. The molecule has 0 bridgehead atoms. The smallest absolute Gasteiger partial charge is 0.254 e. The van der Waals surface area contributed by atoms with Crippen molar-refractivity contribution in [2.24, 2.45) is 7.05 Å². The molecule has 3 N–H and O–H groups in total. The molecule has 0 spiro atoms. The van der Waals surface area contributed by atoms with Crippen LogP contribution in [0.25, 0.3) is 22.5 Å². The first kappa shape index (κ1) is 20.6. The van der Waals surface area contributed by atoms with Gasteiger partial charge in [-0.2, -0.15) is 5.10 Å². The maximum Gasteiger partial charge on any atom is 0.254 e. The lowest BCUT2D eigenvalue weighted by Gasteiger charge is -2.31. The average molecular weight is 456 g/mol. The fourth-order valence-electron chi connectivity index (χ4n) is 4.82. The number of aliphatic hydroxyl groups excluding tert-OH is 1. The molecule has 4 aliphatic heterocycles. The Kier molecular flexibility index (Phi) is 4.91. The minimum absolute atomic E-state index is 0.101. The van der Waals surface area contributed by atoms with Gasteiger partial charge in [-0.25, -0.2) is 9.97 Å². The van der Waals surface area contributed by atoms with Crippen molar-refractivity contribution in [1.82, 2.24) is 25.1 Å². The number of fused-ring (bicyclic) bond motifs is 2. The van der Waals surface area contributed by atoms with Gasteiger partial charge in [0.05, 0.1) is 29.2 Å². The normalized spacial score (nSPS) is 16.1. The van der Waals surface area contributed by atoms with Crippen molar-refractivity contribution in [3.8, 4) is 22.5 Å². The number of aliphatic hydroxyl groups is 1. The fourth-order valence-corrected chi connectivity index (χ4v) is 4.82. The van der Waals surface area contributed by atoms with Crippen LogP contribution in [0.4, 0.5) is 17.2 Å².